The summed E-state index contributed by atoms with van der Waals surface area (Å²) in [5.41, 5.74) is 5.73. The number of fused-ring (bicyclic) bond motifs is 1. The van der Waals surface area contributed by atoms with Gasteiger partial charge < -0.3 is 19.9 Å². The minimum absolute atomic E-state index is 0.0212. The second-order valence-corrected chi connectivity index (χ2v) is 7.72. The molecule has 2 aromatic rings. The van der Waals surface area contributed by atoms with Crippen molar-refractivity contribution in [3.05, 3.63) is 16.7 Å². The van der Waals surface area contributed by atoms with Crippen molar-refractivity contribution in [2.24, 2.45) is 0 Å². The Morgan fingerprint density at radius 3 is 3.05 bits per heavy atom. The molecule has 0 saturated carbocycles. The zero-order valence-corrected chi connectivity index (χ0v) is 12.3. The van der Waals surface area contributed by atoms with Crippen molar-refractivity contribution < 1.29 is 14.2 Å². The quantitative estimate of drug-likeness (QED) is 0.684. The molecule has 1 aliphatic rings. The lowest BCUT2D eigenvalue weighted by atomic mass is 10.2. The van der Waals surface area contributed by atoms with Crippen molar-refractivity contribution in [1.29, 1.82) is 0 Å². The molecule has 3 heterocycles. The summed E-state index contributed by atoms with van der Waals surface area (Å²) in [5.74, 6) is -0.605. The second kappa shape index (κ2) is 4.94. The second-order valence-electron chi connectivity index (χ2n) is 5.25. The topological polar surface area (TPSA) is 136 Å². The van der Waals surface area contributed by atoms with Gasteiger partial charge in [-0.1, -0.05) is 0 Å². The molecule has 10 heteroatoms. The molecular weight excluding hydrogens is 297 g/mol. The van der Waals surface area contributed by atoms with Crippen molar-refractivity contribution in [3.8, 4) is 0 Å². The third kappa shape index (κ3) is 2.72. The van der Waals surface area contributed by atoms with Gasteiger partial charge in [0.15, 0.2) is 11.2 Å². The van der Waals surface area contributed by atoms with Gasteiger partial charge in [0.1, 0.15) is 5.85 Å². The fraction of sp³-hybridized carbons (Fsp3) is 0.545. The Hall–Kier alpha value is -1.70. The average molecular weight is 313 g/mol. The minimum atomic E-state index is -3.24. The summed E-state index contributed by atoms with van der Waals surface area (Å²) in [6.07, 6.45) is 2.49. The van der Waals surface area contributed by atoms with E-state index in [4.69, 9.17) is 10.5 Å². The average Bonchev–Trinajstić information content (AvgIpc) is 2.97. The van der Waals surface area contributed by atoms with Crippen LogP contribution >= 0.6 is 7.37 Å². The molecule has 114 valence electrons. The number of hydrogen-bond donors (Lipinski definition) is 3. The highest BCUT2D eigenvalue weighted by atomic mass is 31.2. The summed E-state index contributed by atoms with van der Waals surface area (Å²) in [6, 6.07) is 0. The molecule has 2 aromatic heterocycles. The van der Waals surface area contributed by atoms with Crippen LogP contribution in [-0.2, 0) is 15.8 Å². The van der Waals surface area contributed by atoms with Crippen LogP contribution in [0.5, 0.6) is 0 Å². The van der Waals surface area contributed by atoms with Crippen LogP contribution in [0.1, 0.15) is 12.8 Å². The van der Waals surface area contributed by atoms with Crippen molar-refractivity contribution in [2.75, 3.05) is 12.4 Å². The van der Waals surface area contributed by atoms with E-state index in [0.717, 1.165) is 0 Å². The number of ether oxygens (including phenoxy) is 1. The number of nitrogens with zero attached hydrogens (tertiary/aromatic N) is 3. The molecular formula is C11H16N5O4P. The van der Waals surface area contributed by atoms with E-state index in [2.05, 4.69) is 15.0 Å². The molecule has 0 radical (unpaired) electrons. The van der Waals surface area contributed by atoms with E-state index < -0.39 is 18.8 Å². The lowest BCUT2D eigenvalue weighted by Gasteiger charge is -2.16. The SMILES string of the molecule is CP(=O)(O)[C@H]1CC[C@@H](Cn2cnc3c(=O)[nH]c(N)nc32)O1. The zero-order valence-electron chi connectivity index (χ0n) is 11.4. The van der Waals surface area contributed by atoms with E-state index in [-0.39, 0.29) is 17.6 Å². The number of aromatic nitrogens is 4. The van der Waals surface area contributed by atoms with E-state index in [9.17, 15) is 14.3 Å². The molecule has 3 atom stereocenters. The molecule has 1 unspecified atom stereocenters. The molecule has 1 fully saturated rings. The van der Waals surface area contributed by atoms with E-state index in [0.29, 0.717) is 25.0 Å². The summed E-state index contributed by atoms with van der Waals surface area (Å²) in [6.45, 7) is 1.71. The van der Waals surface area contributed by atoms with E-state index in [1.54, 1.807) is 4.57 Å². The first kappa shape index (κ1) is 14.2. The van der Waals surface area contributed by atoms with Crippen LogP contribution in [-0.4, -0.2) is 43.0 Å². The van der Waals surface area contributed by atoms with E-state index in [1.807, 2.05) is 0 Å². The number of imidazole rings is 1. The van der Waals surface area contributed by atoms with Crippen LogP contribution in [0, 0.1) is 0 Å². The molecule has 0 aromatic carbocycles. The van der Waals surface area contributed by atoms with Crippen LogP contribution < -0.4 is 11.3 Å². The molecule has 0 amide bonds. The lowest BCUT2D eigenvalue weighted by Crippen LogP contribution is -2.18. The number of nitrogens with one attached hydrogen (secondary N) is 1. The molecule has 21 heavy (non-hydrogen) atoms. The standard InChI is InChI=1S/C11H16N5O4P/c1-21(18,19)7-3-2-6(20-7)4-16-5-13-8-9(16)14-11(12)15-10(8)17/h5-7H,2-4H2,1H3,(H,18,19)(H3,12,14,15,17)/t6-,7-/m0/s1. The van der Waals surface area contributed by atoms with Gasteiger partial charge in [-0.2, -0.15) is 4.98 Å². The maximum Gasteiger partial charge on any atom is 0.280 e. The van der Waals surface area contributed by atoms with Crippen molar-refractivity contribution in [1.82, 2.24) is 19.5 Å². The predicted molar refractivity (Wildman–Crippen MR) is 76.2 cm³/mol. The number of rotatable bonds is 3. The summed E-state index contributed by atoms with van der Waals surface area (Å²) in [4.78, 5) is 31.7. The first-order valence-electron chi connectivity index (χ1n) is 6.50. The van der Waals surface area contributed by atoms with Gasteiger partial charge in [0.05, 0.1) is 19.0 Å². The smallest absolute Gasteiger partial charge is 0.280 e. The van der Waals surface area contributed by atoms with Crippen LogP contribution in [0.15, 0.2) is 11.1 Å². The Balaban J connectivity index is 1.84. The summed E-state index contributed by atoms with van der Waals surface area (Å²) in [5, 5.41) is 0. The number of anilines is 1. The van der Waals surface area contributed by atoms with Crippen LogP contribution in [0.3, 0.4) is 0 Å². The van der Waals surface area contributed by atoms with Gasteiger partial charge in [-0.15, -0.1) is 0 Å². The van der Waals surface area contributed by atoms with Gasteiger partial charge >= 0.3 is 0 Å². The zero-order chi connectivity index (χ0) is 15.2. The fourth-order valence-electron chi connectivity index (χ4n) is 2.50. The number of nitrogen functional groups attached to an aromatic ring is 1. The van der Waals surface area contributed by atoms with Crippen molar-refractivity contribution >= 4 is 24.5 Å². The maximum absolute atomic E-state index is 11.7. The largest absolute Gasteiger partial charge is 0.369 e. The number of hydrogen-bond acceptors (Lipinski definition) is 6. The molecule has 3 rings (SSSR count). The van der Waals surface area contributed by atoms with Gasteiger partial charge in [0, 0.05) is 6.66 Å². The molecule has 9 nitrogen and oxygen atoms in total. The van der Waals surface area contributed by atoms with Gasteiger partial charge in [-0.05, 0) is 12.8 Å². The fourth-order valence-corrected chi connectivity index (χ4v) is 3.52. The minimum Gasteiger partial charge on any atom is -0.369 e. The highest BCUT2D eigenvalue weighted by Gasteiger charge is 2.35. The number of aromatic amines is 1. The highest BCUT2D eigenvalue weighted by molar-refractivity contribution is 7.57. The first-order chi connectivity index (χ1) is 9.84. The Morgan fingerprint density at radius 1 is 1.62 bits per heavy atom. The monoisotopic (exact) mass is 313 g/mol. The third-order valence-electron chi connectivity index (χ3n) is 3.51. The highest BCUT2D eigenvalue weighted by Crippen LogP contribution is 2.48. The van der Waals surface area contributed by atoms with Crippen molar-refractivity contribution in [3.63, 3.8) is 0 Å². The molecule has 4 N–H and O–H groups in total. The number of H-pyrrole nitrogens is 1. The summed E-state index contributed by atoms with van der Waals surface area (Å²) >= 11 is 0. The van der Waals surface area contributed by atoms with Crippen LogP contribution in [0.25, 0.3) is 11.2 Å². The Labute approximate surface area is 119 Å². The predicted octanol–water partition coefficient (Wildman–Crippen LogP) is 0.107. The van der Waals surface area contributed by atoms with E-state index >= 15 is 0 Å². The maximum atomic E-state index is 11.7. The van der Waals surface area contributed by atoms with Gasteiger partial charge in [0.25, 0.3) is 5.56 Å². The third-order valence-corrected chi connectivity index (χ3v) is 4.96. The Kier molecular flexibility index (Phi) is 3.35. The summed E-state index contributed by atoms with van der Waals surface area (Å²) < 4.78 is 18.9. The van der Waals surface area contributed by atoms with Crippen molar-refractivity contribution in [2.45, 2.75) is 31.3 Å². The normalized spacial score (nSPS) is 25.2. The lowest BCUT2D eigenvalue weighted by molar-refractivity contribution is 0.0699. The molecule has 0 aliphatic carbocycles. The first-order valence-corrected chi connectivity index (χ1v) is 8.68. The Bertz CT molecular complexity index is 779. The molecule has 1 saturated heterocycles. The van der Waals surface area contributed by atoms with Crippen LogP contribution in [0.4, 0.5) is 5.95 Å². The Morgan fingerprint density at radius 2 is 2.38 bits per heavy atom. The summed E-state index contributed by atoms with van der Waals surface area (Å²) in [7, 11) is -3.24. The molecule has 1 aliphatic heterocycles. The van der Waals surface area contributed by atoms with Gasteiger partial charge in [-0.3, -0.25) is 14.3 Å². The molecule has 0 bridgehead atoms. The van der Waals surface area contributed by atoms with Crippen LogP contribution in [0.2, 0.25) is 0 Å². The number of nitrogens with two attached hydrogens (primary N) is 1. The van der Waals surface area contributed by atoms with Gasteiger partial charge in [0.2, 0.25) is 13.3 Å². The van der Waals surface area contributed by atoms with E-state index in [1.165, 1.54) is 13.0 Å². The molecule has 0 spiro atoms. The van der Waals surface area contributed by atoms with Gasteiger partial charge in [-0.25, -0.2) is 4.98 Å².